The molecule has 16 heavy (non-hydrogen) atoms. The SMILES string of the molecule is CCC(C)(CO)CNCCC(=O)NC1CC1. The van der Waals surface area contributed by atoms with Crippen molar-refractivity contribution in [1.82, 2.24) is 10.6 Å². The first-order valence-electron chi connectivity index (χ1n) is 6.20. The summed E-state index contributed by atoms with van der Waals surface area (Å²) in [6, 6.07) is 0.450. The molecule has 0 aromatic carbocycles. The second-order valence-corrected chi connectivity index (χ2v) is 5.09. The van der Waals surface area contributed by atoms with Crippen LogP contribution in [0.2, 0.25) is 0 Å². The van der Waals surface area contributed by atoms with Crippen molar-refractivity contribution in [2.75, 3.05) is 19.7 Å². The lowest BCUT2D eigenvalue weighted by atomic mass is 9.89. The number of rotatable bonds is 8. The van der Waals surface area contributed by atoms with E-state index in [9.17, 15) is 9.90 Å². The minimum Gasteiger partial charge on any atom is -0.396 e. The average Bonchev–Trinajstić information content (AvgIpc) is 3.08. The van der Waals surface area contributed by atoms with Gasteiger partial charge in [-0.2, -0.15) is 0 Å². The minimum atomic E-state index is -0.0625. The summed E-state index contributed by atoms with van der Waals surface area (Å²) in [5.41, 5.74) is -0.0625. The van der Waals surface area contributed by atoms with Crippen molar-refractivity contribution in [2.24, 2.45) is 5.41 Å². The predicted octanol–water partition coefficient (Wildman–Crippen LogP) is 0.653. The Kier molecular flexibility index (Phi) is 5.22. The maximum absolute atomic E-state index is 11.4. The van der Waals surface area contributed by atoms with E-state index in [0.29, 0.717) is 19.0 Å². The van der Waals surface area contributed by atoms with Crippen molar-refractivity contribution >= 4 is 5.91 Å². The zero-order chi connectivity index (χ0) is 12.0. The van der Waals surface area contributed by atoms with E-state index in [2.05, 4.69) is 17.6 Å². The highest BCUT2D eigenvalue weighted by atomic mass is 16.3. The third-order valence-corrected chi connectivity index (χ3v) is 3.26. The second-order valence-electron chi connectivity index (χ2n) is 5.09. The molecule has 0 saturated heterocycles. The molecule has 1 aliphatic rings. The monoisotopic (exact) mass is 228 g/mol. The number of hydrogen-bond donors (Lipinski definition) is 3. The summed E-state index contributed by atoms with van der Waals surface area (Å²) in [4.78, 5) is 11.4. The van der Waals surface area contributed by atoms with Gasteiger partial charge in [0.25, 0.3) is 0 Å². The van der Waals surface area contributed by atoms with Crippen LogP contribution in [0.4, 0.5) is 0 Å². The highest BCUT2D eigenvalue weighted by Gasteiger charge is 2.23. The maximum atomic E-state index is 11.4. The van der Waals surface area contributed by atoms with Gasteiger partial charge >= 0.3 is 0 Å². The summed E-state index contributed by atoms with van der Waals surface area (Å²) in [5.74, 6) is 0.136. The van der Waals surface area contributed by atoms with Gasteiger partial charge in [-0.1, -0.05) is 13.8 Å². The van der Waals surface area contributed by atoms with Crippen molar-refractivity contribution in [3.05, 3.63) is 0 Å². The van der Waals surface area contributed by atoms with E-state index < -0.39 is 0 Å². The molecule has 0 spiro atoms. The van der Waals surface area contributed by atoms with Crippen molar-refractivity contribution in [1.29, 1.82) is 0 Å². The van der Waals surface area contributed by atoms with E-state index in [1.165, 1.54) is 0 Å². The van der Waals surface area contributed by atoms with Crippen molar-refractivity contribution in [2.45, 2.75) is 45.6 Å². The molecule has 4 nitrogen and oxygen atoms in total. The van der Waals surface area contributed by atoms with E-state index in [-0.39, 0.29) is 17.9 Å². The molecule has 0 aliphatic heterocycles. The quantitative estimate of drug-likeness (QED) is 0.535. The van der Waals surface area contributed by atoms with Crippen molar-refractivity contribution in [3.63, 3.8) is 0 Å². The van der Waals surface area contributed by atoms with Gasteiger partial charge in [0, 0.05) is 37.6 Å². The number of aliphatic hydroxyl groups is 1. The fourth-order valence-electron chi connectivity index (χ4n) is 1.41. The molecule has 1 fully saturated rings. The van der Waals surface area contributed by atoms with E-state index >= 15 is 0 Å². The van der Waals surface area contributed by atoms with Crippen LogP contribution in [-0.4, -0.2) is 36.8 Å². The third-order valence-electron chi connectivity index (χ3n) is 3.26. The topological polar surface area (TPSA) is 61.4 Å². The first-order chi connectivity index (χ1) is 7.59. The number of carbonyl (C=O) groups is 1. The highest BCUT2D eigenvalue weighted by Crippen LogP contribution is 2.19. The van der Waals surface area contributed by atoms with Gasteiger partial charge in [0.1, 0.15) is 0 Å². The lowest BCUT2D eigenvalue weighted by Gasteiger charge is -2.25. The Morgan fingerprint density at radius 3 is 2.69 bits per heavy atom. The molecule has 1 atom stereocenters. The highest BCUT2D eigenvalue weighted by molar-refractivity contribution is 5.76. The fraction of sp³-hybridized carbons (Fsp3) is 0.917. The molecule has 3 N–H and O–H groups in total. The van der Waals surface area contributed by atoms with Crippen LogP contribution >= 0.6 is 0 Å². The molecule has 0 bridgehead atoms. The number of carbonyl (C=O) groups excluding carboxylic acids is 1. The Morgan fingerprint density at radius 2 is 2.19 bits per heavy atom. The van der Waals surface area contributed by atoms with Crippen molar-refractivity contribution in [3.8, 4) is 0 Å². The van der Waals surface area contributed by atoms with Crippen LogP contribution in [0.15, 0.2) is 0 Å². The van der Waals surface area contributed by atoms with Gasteiger partial charge in [-0.3, -0.25) is 4.79 Å². The smallest absolute Gasteiger partial charge is 0.221 e. The molecule has 1 amide bonds. The molecular weight excluding hydrogens is 204 g/mol. The van der Waals surface area contributed by atoms with Gasteiger partial charge < -0.3 is 15.7 Å². The molecule has 1 rings (SSSR count). The fourth-order valence-corrected chi connectivity index (χ4v) is 1.41. The summed E-state index contributed by atoms with van der Waals surface area (Å²) in [6.45, 7) is 5.75. The van der Waals surface area contributed by atoms with Gasteiger partial charge in [-0.05, 0) is 19.3 Å². The number of aliphatic hydroxyl groups excluding tert-OH is 1. The molecule has 1 unspecified atom stereocenters. The Morgan fingerprint density at radius 1 is 1.50 bits per heavy atom. The van der Waals surface area contributed by atoms with Crippen LogP contribution in [0.3, 0.4) is 0 Å². The lowest BCUT2D eigenvalue weighted by molar-refractivity contribution is -0.121. The zero-order valence-electron chi connectivity index (χ0n) is 10.4. The lowest BCUT2D eigenvalue weighted by Crippen LogP contribution is -2.36. The van der Waals surface area contributed by atoms with E-state index in [0.717, 1.165) is 25.8 Å². The molecule has 0 radical (unpaired) electrons. The summed E-state index contributed by atoms with van der Waals surface area (Å²) in [5, 5.41) is 15.4. The van der Waals surface area contributed by atoms with Gasteiger partial charge in [0.2, 0.25) is 5.91 Å². The van der Waals surface area contributed by atoms with Crippen LogP contribution in [0.25, 0.3) is 0 Å². The first-order valence-corrected chi connectivity index (χ1v) is 6.20. The number of amides is 1. The first kappa shape index (κ1) is 13.5. The Bertz CT molecular complexity index is 223. The molecule has 0 aromatic rings. The predicted molar refractivity (Wildman–Crippen MR) is 64.1 cm³/mol. The van der Waals surface area contributed by atoms with E-state index in [1.807, 2.05) is 6.92 Å². The summed E-state index contributed by atoms with van der Waals surface area (Å²) >= 11 is 0. The Labute approximate surface area is 97.8 Å². The van der Waals surface area contributed by atoms with Crippen LogP contribution in [0, 0.1) is 5.41 Å². The molecule has 0 aromatic heterocycles. The molecule has 1 aliphatic carbocycles. The summed E-state index contributed by atoms with van der Waals surface area (Å²) < 4.78 is 0. The van der Waals surface area contributed by atoms with Crippen LogP contribution in [0.5, 0.6) is 0 Å². The molecule has 4 heteroatoms. The Hall–Kier alpha value is -0.610. The van der Waals surface area contributed by atoms with Gasteiger partial charge in [0.05, 0.1) is 0 Å². The average molecular weight is 228 g/mol. The van der Waals surface area contributed by atoms with Crippen molar-refractivity contribution < 1.29 is 9.90 Å². The minimum absolute atomic E-state index is 0.0625. The standard InChI is InChI=1S/C12H24N2O2/c1-3-12(2,9-15)8-13-7-6-11(16)14-10-4-5-10/h10,13,15H,3-9H2,1-2H3,(H,14,16). The largest absolute Gasteiger partial charge is 0.396 e. The number of nitrogens with one attached hydrogen (secondary N) is 2. The van der Waals surface area contributed by atoms with Crippen LogP contribution in [0.1, 0.15) is 39.5 Å². The van der Waals surface area contributed by atoms with Gasteiger partial charge in [-0.25, -0.2) is 0 Å². The summed E-state index contributed by atoms with van der Waals surface area (Å²) in [7, 11) is 0. The van der Waals surface area contributed by atoms with Gasteiger partial charge in [0.15, 0.2) is 0 Å². The molecular formula is C12H24N2O2. The van der Waals surface area contributed by atoms with Crippen LogP contribution < -0.4 is 10.6 Å². The molecule has 1 saturated carbocycles. The Balaban J connectivity index is 2.03. The second kappa shape index (κ2) is 6.21. The third kappa shape index (κ3) is 4.94. The molecule has 0 heterocycles. The van der Waals surface area contributed by atoms with E-state index in [4.69, 9.17) is 0 Å². The maximum Gasteiger partial charge on any atom is 0.221 e. The normalized spacial score (nSPS) is 19.2. The van der Waals surface area contributed by atoms with E-state index in [1.54, 1.807) is 0 Å². The van der Waals surface area contributed by atoms with Crippen LogP contribution in [-0.2, 0) is 4.79 Å². The summed E-state index contributed by atoms with van der Waals surface area (Å²) in [6.07, 6.45) is 3.74. The molecule has 94 valence electrons. The van der Waals surface area contributed by atoms with Gasteiger partial charge in [-0.15, -0.1) is 0 Å². The zero-order valence-corrected chi connectivity index (χ0v) is 10.4. The number of hydrogen-bond acceptors (Lipinski definition) is 3.